The third-order valence-electron chi connectivity index (χ3n) is 7.72. The first-order chi connectivity index (χ1) is 11.9. The second-order valence-electron chi connectivity index (χ2n) is 9.54. The fraction of sp³-hybridized carbons (Fsp3) is 0.682. The first kappa shape index (κ1) is 19.1. The van der Waals surface area contributed by atoms with E-state index < -0.39 is 16.6 Å². The van der Waals surface area contributed by atoms with Gasteiger partial charge in [0.1, 0.15) is 11.3 Å². The molecule has 2 unspecified atom stereocenters. The second kappa shape index (κ2) is 5.40. The zero-order valence-corrected chi connectivity index (χ0v) is 16.7. The van der Waals surface area contributed by atoms with Crippen LogP contribution in [0.2, 0.25) is 0 Å². The van der Waals surface area contributed by atoms with Gasteiger partial charge in [-0.25, -0.2) is 0 Å². The summed E-state index contributed by atoms with van der Waals surface area (Å²) in [5, 5.41) is 11.2. The molecule has 26 heavy (non-hydrogen) atoms. The molecule has 2 saturated carbocycles. The van der Waals surface area contributed by atoms with Gasteiger partial charge in [-0.3, -0.25) is 14.4 Å². The molecule has 2 bridgehead atoms. The Morgan fingerprint density at radius 2 is 1.85 bits per heavy atom. The highest BCUT2D eigenvalue weighted by Gasteiger charge is 2.76. The maximum Gasteiger partial charge on any atom is 0.183 e. The van der Waals surface area contributed by atoms with E-state index in [9.17, 15) is 19.5 Å². The van der Waals surface area contributed by atoms with Gasteiger partial charge in [-0.1, -0.05) is 39.8 Å². The highest BCUT2D eigenvalue weighted by molar-refractivity contribution is 6.32. The smallest absolute Gasteiger partial charge is 0.183 e. The monoisotopic (exact) mass is 358 g/mol. The van der Waals surface area contributed by atoms with Crippen LogP contribution in [0.4, 0.5) is 0 Å². The largest absolute Gasteiger partial charge is 0.510 e. The summed E-state index contributed by atoms with van der Waals surface area (Å²) in [6.45, 7) is 15.6. The van der Waals surface area contributed by atoms with Gasteiger partial charge < -0.3 is 5.11 Å². The van der Waals surface area contributed by atoms with Gasteiger partial charge in [0.2, 0.25) is 0 Å². The Labute approximate surface area is 155 Å². The minimum Gasteiger partial charge on any atom is -0.510 e. The Hall–Kier alpha value is -1.71. The highest BCUT2D eigenvalue weighted by atomic mass is 16.3. The maximum atomic E-state index is 13.4. The summed E-state index contributed by atoms with van der Waals surface area (Å²) in [5.74, 6) is -1.71. The quantitative estimate of drug-likeness (QED) is 0.464. The molecule has 0 saturated heterocycles. The van der Waals surface area contributed by atoms with E-state index in [2.05, 4.69) is 20.4 Å². The first-order valence-corrected chi connectivity index (χ1v) is 9.60. The number of allylic oxidation sites excluding steroid dienone is 3. The van der Waals surface area contributed by atoms with Gasteiger partial charge in [-0.2, -0.15) is 0 Å². The maximum absolute atomic E-state index is 13.4. The zero-order valence-electron chi connectivity index (χ0n) is 16.7. The molecule has 0 radical (unpaired) electrons. The molecule has 142 valence electrons. The molecular weight excluding hydrogens is 328 g/mol. The van der Waals surface area contributed by atoms with Crippen molar-refractivity contribution in [3.63, 3.8) is 0 Å². The van der Waals surface area contributed by atoms with Gasteiger partial charge in [0.15, 0.2) is 17.3 Å². The average molecular weight is 358 g/mol. The summed E-state index contributed by atoms with van der Waals surface area (Å²) in [5.41, 5.74) is -1.72. The topological polar surface area (TPSA) is 71.4 Å². The molecular formula is C22H30O4. The van der Waals surface area contributed by atoms with Crippen LogP contribution in [0.3, 0.4) is 0 Å². The number of carbonyl (C=O) groups is 3. The number of hydrogen-bond acceptors (Lipinski definition) is 4. The Kier molecular flexibility index (Phi) is 3.96. The highest BCUT2D eigenvalue weighted by Crippen LogP contribution is 2.72. The molecule has 0 amide bonds. The molecule has 4 heteroatoms. The molecule has 3 aliphatic rings. The number of carbonyl (C=O) groups excluding carboxylic acids is 3. The zero-order chi connectivity index (χ0) is 19.8. The van der Waals surface area contributed by atoms with Crippen LogP contribution in [0, 0.1) is 34.0 Å². The summed E-state index contributed by atoms with van der Waals surface area (Å²) in [7, 11) is 0. The van der Waals surface area contributed by atoms with E-state index in [4.69, 9.17) is 0 Å². The van der Waals surface area contributed by atoms with Crippen LogP contribution in [-0.2, 0) is 14.4 Å². The number of Topliss-reactive ketones (excluding diaryl/α,β-unsaturated/α-hetero) is 3. The first-order valence-electron chi connectivity index (χ1n) is 9.60. The molecule has 4 nitrogen and oxygen atoms in total. The third-order valence-corrected chi connectivity index (χ3v) is 7.72. The third kappa shape index (κ3) is 1.93. The van der Waals surface area contributed by atoms with Crippen molar-refractivity contribution >= 4 is 17.3 Å². The molecule has 0 aromatic carbocycles. The van der Waals surface area contributed by atoms with E-state index in [0.717, 1.165) is 5.57 Å². The van der Waals surface area contributed by atoms with Crippen LogP contribution in [-0.4, -0.2) is 22.5 Å². The van der Waals surface area contributed by atoms with Crippen LogP contribution in [0.1, 0.15) is 60.8 Å². The van der Waals surface area contributed by atoms with E-state index in [1.807, 2.05) is 13.8 Å². The normalized spacial score (nSPS) is 39.2. The fourth-order valence-electron chi connectivity index (χ4n) is 5.93. The molecule has 0 aliphatic heterocycles. The van der Waals surface area contributed by atoms with E-state index >= 15 is 0 Å². The van der Waals surface area contributed by atoms with Gasteiger partial charge in [-0.05, 0) is 50.4 Å². The van der Waals surface area contributed by atoms with Crippen molar-refractivity contribution in [3.05, 3.63) is 23.5 Å². The number of fused-ring (bicyclic) bond motifs is 1. The molecule has 3 aliphatic carbocycles. The Morgan fingerprint density at radius 3 is 2.35 bits per heavy atom. The standard InChI is InChI=1S/C22H30O4/c1-8-12(4)16(23)15-17(24)21(7)10-14-20(5,6)13(11(2)3)9-22(14,18(15)25)19(21)26/h12-14,25H,2,8-10H2,1,3-7H3/t12?,13-,14+,21+,22?/m1/s1. The lowest BCUT2D eigenvalue weighted by Gasteiger charge is -2.36. The number of ketones is 3. The van der Waals surface area contributed by atoms with Crippen LogP contribution in [0.25, 0.3) is 0 Å². The van der Waals surface area contributed by atoms with Crippen LogP contribution >= 0.6 is 0 Å². The summed E-state index contributed by atoms with van der Waals surface area (Å²) in [6.07, 6.45) is 1.41. The van der Waals surface area contributed by atoms with Crippen molar-refractivity contribution in [2.45, 2.75) is 60.8 Å². The van der Waals surface area contributed by atoms with Gasteiger partial charge >= 0.3 is 0 Å². The number of aliphatic hydroxyl groups is 1. The Balaban J connectivity index is 2.28. The van der Waals surface area contributed by atoms with Gasteiger partial charge in [-0.15, -0.1) is 0 Å². The summed E-state index contributed by atoms with van der Waals surface area (Å²) in [6, 6.07) is 0. The van der Waals surface area contributed by atoms with Gasteiger partial charge in [0.25, 0.3) is 0 Å². The predicted molar refractivity (Wildman–Crippen MR) is 99.5 cm³/mol. The SMILES string of the molecule is C=C(C)[C@H]1CC23C(=O)[C@@](C)(C[C@H]2C1(C)C)C(=O)C(C(=O)C(C)CC)=C3O. The van der Waals surface area contributed by atoms with Crippen molar-refractivity contribution in [3.8, 4) is 0 Å². The van der Waals surface area contributed by atoms with E-state index in [-0.39, 0.29) is 46.1 Å². The Bertz CT molecular complexity index is 771. The number of hydrogen-bond donors (Lipinski definition) is 1. The van der Waals surface area contributed by atoms with Crippen molar-refractivity contribution in [2.24, 2.45) is 34.0 Å². The molecule has 0 aromatic heterocycles. The minimum atomic E-state index is -1.20. The van der Waals surface area contributed by atoms with Crippen molar-refractivity contribution in [1.29, 1.82) is 0 Å². The lowest BCUT2D eigenvalue weighted by atomic mass is 9.64. The van der Waals surface area contributed by atoms with Crippen molar-refractivity contribution < 1.29 is 19.5 Å². The fourth-order valence-corrected chi connectivity index (χ4v) is 5.93. The average Bonchev–Trinajstić information content (AvgIpc) is 2.92. The van der Waals surface area contributed by atoms with Crippen molar-refractivity contribution in [2.75, 3.05) is 0 Å². The predicted octanol–water partition coefficient (Wildman–Crippen LogP) is 4.20. The van der Waals surface area contributed by atoms with Crippen molar-refractivity contribution in [1.82, 2.24) is 0 Å². The number of rotatable bonds is 4. The second-order valence-corrected chi connectivity index (χ2v) is 9.54. The molecule has 1 spiro atoms. The molecule has 2 fully saturated rings. The summed E-state index contributed by atoms with van der Waals surface area (Å²) in [4.78, 5) is 39.5. The number of aliphatic hydroxyl groups excluding tert-OH is 1. The summed E-state index contributed by atoms with van der Waals surface area (Å²) < 4.78 is 0. The molecule has 3 rings (SSSR count). The molecule has 0 aromatic rings. The van der Waals surface area contributed by atoms with E-state index in [0.29, 0.717) is 19.3 Å². The van der Waals surface area contributed by atoms with E-state index in [1.165, 1.54) is 0 Å². The van der Waals surface area contributed by atoms with Crippen LogP contribution < -0.4 is 0 Å². The minimum absolute atomic E-state index is 0.0660. The summed E-state index contributed by atoms with van der Waals surface area (Å²) >= 11 is 0. The Morgan fingerprint density at radius 1 is 1.27 bits per heavy atom. The van der Waals surface area contributed by atoms with Gasteiger partial charge in [0, 0.05) is 5.92 Å². The molecule has 1 N–H and O–H groups in total. The van der Waals surface area contributed by atoms with Crippen LogP contribution in [0.5, 0.6) is 0 Å². The van der Waals surface area contributed by atoms with Gasteiger partial charge in [0.05, 0.1) is 10.8 Å². The molecule has 5 atom stereocenters. The van der Waals surface area contributed by atoms with E-state index in [1.54, 1.807) is 13.8 Å². The molecule has 0 heterocycles. The lowest BCUT2D eigenvalue weighted by molar-refractivity contribution is -0.143. The van der Waals surface area contributed by atoms with Crippen LogP contribution in [0.15, 0.2) is 23.5 Å². The lowest BCUT2D eigenvalue weighted by Crippen LogP contribution is -2.48.